The lowest BCUT2D eigenvalue weighted by Gasteiger charge is -2.17. The summed E-state index contributed by atoms with van der Waals surface area (Å²) < 4.78 is 0. The van der Waals surface area contributed by atoms with Gasteiger partial charge in [-0.05, 0) is 31.2 Å². The summed E-state index contributed by atoms with van der Waals surface area (Å²) in [6.45, 7) is 0.261. The molecule has 0 spiro atoms. The van der Waals surface area contributed by atoms with Crippen LogP contribution in [0.1, 0.15) is 19.3 Å². The van der Waals surface area contributed by atoms with Crippen LogP contribution in [0.15, 0.2) is 0 Å². The van der Waals surface area contributed by atoms with Gasteiger partial charge in [-0.1, -0.05) is 6.42 Å². The Morgan fingerprint density at radius 3 is 2.68 bits per heavy atom. The minimum Gasteiger partial charge on any atom is -0.480 e. The van der Waals surface area contributed by atoms with Crippen molar-refractivity contribution in [1.29, 1.82) is 0 Å². The number of carbonyl (C=O) groups is 3. The van der Waals surface area contributed by atoms with E-state index in [2.05, 4.69) is 16.0 Å². The molecule has 2 fully saturated rings. The Kier molecular flexibility index (Phi) is 4.36. The van der Waals surface area contributed by atoms with Gasteiger partial charge in [0.05, 0.1) is 12.6 Å². The molecule has 106 valence electrons. The molecule has 1 saturated heterocycles. The zero-order valence-corrected chi connectivity index (χ0v) is 10.6. The molecule has 2 aliphatic rings. The Labute approximate surface area is 111 Å². The first-order valence-electron chi connectivity index (χ1n) is 6.57. The van der Waals surface area contributed by atoms with Crippen LogP contribution in [0.25, 0.3) is 0 Å². The fourth-order valence-corrected chi connectivity index (χ4v) is 2.99. The van der Waals surface area contributed by atoms with Crippen molar-refractivity contribution in [3.8, 4) is 0 Å². The van der Waals surface area contributed by atoms with E-state index in [0.29, 0.717) is 11.8 Å². The van der Waals surface area contributed by atoms with E-state index in [9.17, 15) is 14.4 Å². The van der Waals surface area contributed by atoms with Crippen LogP contribution >= 0.6 is 0 Å². The SMILES string of the molecule is O=C(O)CNC(=O)CNC(=O)C1NCC2CCCC21. The molecule has 3 atom stereocenters. The molecule has 7 heteroatoms. The summed E-state index contributed by atoms with van der Waals surface area (Å²) in [6.07, 6.45) is 3.39. The largest absolute Gasteiger partial charge is 0.480 e. The molecule has 1 saturated carbocycles. The number of hydrogen-bond donors (Lipinski definition) is 4. The predicted octanol–water partition coefficient (Wildman–Crippen LogP) is -1.31. The first-order chi connectivity index (χ1) is 9.08. The predicted molar refractivity (Wildman–Crippen MR) is 66.3 cm³/mol. The van der Waals surface area contributed by atoms with Crippen LogP contribution in [-0.2, 0) is 14.4 Å². The van der Waals surface area contributed by atoms with Crippen molar-refractivity contribution in [2.45, 2.75) is 25.3 Å². The third-order valence-corrected chi connectivity index (χ3v) is 3.89. The minimum absolute atomic E-state index is 0.167. The summed E-state index contributed by atoms with van der Waals surface area (Å²) in [5.41, 5.74) is 0. The molecule has 2 amide bonds. The van der Waals surface area contributed by atoms with Gasteiger partial charge < -0.3 is 21.1 Å². The highest BCUT2D eigenvalue weighted by atomic mass is 16.4. The number of carboxylic acids is 1. The van der Waals surface area contributed by atoms with Gasteiger partial charge in [0.15, 0.2) is 0 Å². The molecule has 0 radical (unpaired) electrons. The van der Waals surface area contributed by atoms with Crippen molar-refractivity contribution in [3.63, 3.8) is 0 Å². The quantitative estimate of drug-likeness (QED) is 0.496. The van der Waals surface area contributed by atoms with Crippen molar-refractivity contribution >= 4 is 17.8 Å². The maximum Gasteiger partial charge on any atom is 0.322 e. The summed E-state index contributed by atoms with van der Waals surface area (Å²) in [7, 11) is 0. The molecule has 2 rings (SSSR count). The highest BCUT2D eigenvalue weighted by Gasteiger charge is 2.42. The fourth-order valence-electron chi connectivity index (χ4n) is 2.99. The molecule has 1 aliphatic heterocycles. The van der Waals surface area contributed by atoms with Crippen molar-refractivity contribution in [3.05, 3.63) is 0 Å². The van der Waals surface area contributed by atoms with E-state index in [1.165, 1.54) is 12.8 Å². The van der Waals surface area contributed by atoms with Gasteiger partial charge in [0.2, 0.25) is 11.8 Å². The zero-order chi connectivity index (χ0) is 13.8. The Balaban J connectivity index is 1.72. The average Bonchev–Trinajstić information content (AvgIpc) is 2.95. The summed E-state index contributed by atoms with van der Waals surface area (Å²) in [6, 6.07) is -0.209. The Bertz CT molecular complexity index is 385. The molecule has 1 aliphatic carbocycles. The van der Waals surface area contributed by atoms with Crippen LogP contribution in [0.2, 0.25) is 0 Å². The molecule has 4 N–H and O–H groups in total. The third kappa shape index (κ3) is 3.44. The lowest BCUT2D eigenvalue weighted by molar-refractivity contribution is -0.137. The molecule has 0 aromatic heterocycles. The second kappa shape index (κ2) is 6.01. The van der Waals surface area contributed by atoms with Crippen LogP contribution in [-0.4, -0.2) is 48.6 Å². The Morgan fingerprint density at radius 2 is 1.95 bits per heavy atom. The van der Waals surface area contributed by atoms with E-state index >= 15 is 0 Å². The molecule has 0 bridgehead atoms. The van der Waals surface area contributed by atoms with Crippen LogP contribution < -0.4 is 16.0 Å². The van der Waals surface area contributed by atoms with E-state index in [0.717, 1.165) is 13.0 Å². The normalized spacial score (nSPS) is 28.7. The molecule has 19 heavy (non-hydrogen) atoms. The van der Waals surface area contributed by atoms with Crippen molar-refractivity contribution in [2.24, 2.45) is 11.8 Å². The lowest BCUT2D eigenvalue weighted by Crippen LogP contribution is -2.47. The number of fused-ring (bicyclic) bond motifs is 1. The highest BCUT2D eigenvalue weighted by Crippen LogP contribution is 2.37. The van der Waals surface area contributed by atoms with Crippen LogP contribution in [0, 0.1) is 11.8 Å². The molecule has 0 aromatic carbocycles. The summed E-state index contributed by atoms with van der Waals surface area (Å²) in [4.78, 5) is 33.5. The number of carbonyl (C=O) groups excluding carboxylic acids is 2. The molecule has 0 aromatic rings. The third-order valence-electron chi connectivity index (χ3n) is 3.89. The van der Waals surface area contributed by atoms with E-state index in [-0.39, 0.29) is 18.5 Å². The van der Waals surface area contributed by atoms with Gasteiger partial charge in [0, 0.05) is 0 Å². The van der Waals surface area contributed by atoms with E-state index in [1.54, 1.807) is 0 Å². The molecule has 1 heterocycles. The van der Waals surface area contributed by atoms with Gasteiger partial charge in [-0.3, -0.25) is 14.4 Å². The number of aliphatic carboxylic acids is 1. The number of carboxylic acid groups (broad SMARTS) is 1. The van der Waals surface area contributed by atoms with Gasteiger partial charge in [0.1, 0.15) is 6.54 Å². The van der Waals surface area contributed by atoms with Crippen LogP contribution in [0.5, 0.6) is 0 Å². The molecule has 3 unspecified atom stereocenters. The monoisotopic (exact) mass is 269 g/mol. The van der Waals surface area contributed by atoms with E-state index in [1.807, 2.05) is 0 Å². The van der Waals surface area contributed by atoms with Crippen molar-refractivity contribution in [1.82, 2.24) is 16.0 Å². The van der Waals surface area contributed by atoms with E-state index < -0.39 is 18.4 Å². The standard InChI is InChI=1S/C12H19N3O4/c16-9(13-6-10(17)18)5-15-12(19)11-8-3-1-2-7(8)4-14-11/h7-8,11,14H,1-6H2,(H,13,16)(H,15,19)(H,17,18). The van der Waals surface area contributed by atoms with Gasteiger partial charge in [-0.25, -0.2) is 0 Å². The topological polar surface area (TPSA) is 108 Å². The molecular weight excluding hydrogens is 250 g/mol. The number of amides is 2. The van der Waals surface area contributed by atoms with Crippen molar-refractivity contribution in [2.75, 3.05) is 19.6 Å². The molecule has 7 nitrogen and oxygen atoms in total. The molecular formula is C12H19N3O4. The second-order valence-corrected chi connectivity index (χ2v) is 5.13. The summed E-state index contributed by atoms with van der Waals surface area (Å²) >= 11 is 0. The summed E-state index contributed by atoms with van der Waals surface area (Å²) in [5.74, 6) is -0.804. The summed E-state index contributed by atoms with van der Waals surface area (Å²) in [5, 5.41) is 16.4. The van der Waals surface area contributed by atoms with Crippen LogP contribution in [0.3, 0.4) is 0 Å². The average molecular weight is 269 g/mol. The van der Waals surface area contributed by atoms with Gasteiger partial charge in [-0.2, -0.15) is 0 Å². The minimum atomic E-state index is -1.11. The van der Waals surface area contributed by atoms with Gasteiger partial charge >= 0.3 is 5.97 Å². The van der Waals surface area contributed by atoms with Gasteiger partial charge in [-0.15, -0.1) is 0 Å². The number of rotatable bonds is 5. The lowest BCUT2D eigenvalue weighted by atomic mass is 9.94. The fraction of sp³-hybridized carbons (Fsp3) is 0.750. The zero-order valence-electron chi connectivity index (χ0n) is 10.6. The number of hydrogen-bond acceptors (Lipinski definition) is 4. The Morgan fingerprint density at radius 1 is 1.16 bits per heavy atom. The number of nitrogens with one attached hydrogen (secondary N) is 3. The maximum atomic E-state index is 12.0. The van der Waals surface area contributed by atoms with Crippen molar-refractivity contribution < 1.29 is 19.5 Å². The van der Waals surface area contributed by atoms with E-state index in [4.69, 9.17) is 5.11 Å². The smallest absolute Gasteiger partial charge is 0.322 e. The second-order valence-electron chi connectivity index (χ2n) is 5.13. The Hall–Kier alpha value is -1.63. The maximum absolute atomic E-state index is 12.0. The first kappa shape index (κ1) is 13.8. The first-order valence-corrected chi connectivity index (χ1v) is 6.57. The van der Waals surface area contributed by atoms with Gasteiger partial charge in [0.25, 0.3) is 0 Å². The highest BCUT2D eigenvalue weighted by molar-refractivity contribution is 5.89. The van der Waals surface area contributed by atoms with Crippen LogP contribution in [0.4, 0.5) is 0 Å².